The van der Waals surface area contributed by atoms with Crippen molar-refractivity contribution in [1.29, 1.82) is 0 Å². The number of phenolic OH excluding ortho intramolecular Hbond substituents is 2. The average molecular weight is 358 g/mol. The molecule has 26 heavy (non-hydrogen) atoms. The number of amides is 1. The van der Waals surface area contributed by atoms with Crippen LogP contribution >= 0.6 is 0 Å². The van der Waals surface area contributed by atoms with E-state index < -0.39 is 5.91 Å². The van der Waals surface area contributed by atoms with E-state index in [2.05, 4.69) is 35.8 Å². The first-order valence-electron chi connectivity index (χ1n) is 7.26. The number of rotatable bonds is 4. The summed E-state index contributed by atoms with van der Waals surface area (Å²) >= 11 is 0. The minimum Gasteiger partial charge on any atom is -0.508 e. The predicted molar refractivity (Wildman–Crippen MR) is 87.8 cm³/mol. The molecule has 2 heterocycles. The number of aromatic nitrogens is 5. The lowest BCUT2D eigenvalue weighted by Crippen LogP contribution is -2.21. The molecule has 0 aliphatic rings. The lowest BCUT2D eigenvalue weighted by Gasteiger charge is -2.05. The molecule has 1 aromatic carbocycles. The zero-order valence-corrected chi connectivity index (χ0v) is 13.7. The highest BCUT2D eigenvalue weighted by atomic mass is 16.6. The van der Waals surface area contributed by atoms with Gasteiger partial charge in [-0.15, -0.1) is 5.10 Å². The highest BCUT2D eigenvalue weighted by Crippen LogP contribution is 2.23. The van der Waals surface area contributed by atoms with Gasteiger partial charge in [-0.2, -0.15) is 9.78 Å². The second kappa shape index (κ2) is 6.51. The molecule has 0 aliphatic heterocycles. The standard InChI is InChI=1S/C14H14N8O4/c1-6(9-4-3-8(23)5-10(9)24)16-18-14(25)11-7(2)22(21-17-11)13-12(15)19-26-20-13/h3-5,23-24H,1-2H3,(H2,15,19)(H,18,25)/b16-6+. The van der Waals surface area contributed by atoms with Gasteiger partial charge >= 0.3 is 0 Å². The third-order valence-electron chi connectivity index (χ3n) is 3.50. The number of hydrogen-bond donors (Lipinski definition) is 4. The molecule has 0 saturated heterocycles. The molecule has 3 aromatic rings. The predicted octanol–water partition coefficient (Wildman–Crippen LogP) is 0.106. The number of nitrogens with one attached hydrogen (secondary N) is 1. The van der Waals surface area contributed by atoms with E-state index in [0.717, 1.165) is 0 Å². The monoisotopic (exact) mass is 358 g/mol. The van der Waals surface area contributed by atoms with Gasteiger partial charge in [0.2, 0.25) is 11.6 Å². The van der Waals surface area contributed by atoms with Gasteiger partial charge in [0.1, 0.15) is 11.5 Å². The molecular weight excluding hydrogens is 344 g/mol. The van der Waals surface area contributed by atoms with Crippen LogP contribution in [0.2, 0.25) is 0 Å². The maximum atomic E-state index is 12.3. The summed E-state index contributed by atoms with van der Waals surface area (Å²) in [5, 5.41) is 37.6. The largest absolute Gasteiger partial charge is 0.508 e. The summed E-state index contributed by atoms with van der Waals surface area (Å²) in [6.45, 7) is 3.17. The van der Waals surface area contributed by atoms with Crippen LogP contribution in [0.15, 0.2) is 27.9 Å². The van der Waals surface area contributed by atoms with Crippen LogP contribution in [-0.2, 0) is 0 Å². The molecular formula is C14H14N8O4. The summed E-state index contributed by atoms with van der Waals surface area (Å²) in [6, 6.07) is 4.03. The Hall–Kier alpha value is -3.96. The van der Waals surface area contributed by atoms with Crippen LogP contribution < -0.4 is 11.2 Å². The molecule has 0 unspecified atom stereocenters. The van der Waals surface area contributed by atoms with E-state index in [1.807, 2.05) is 0 Å². The Labute approximate surface area is 145 Å². The smallest absolute Gasteiger partial charge is 0.293 e. The van der Waals surface area contributed by atoms with Crippen LogP contribution in [-0.4, -0.2) is 47.1 Å². The van der Waals surface area contributed by atoms with Crippen molar-refractivity contribution in [2.45, 2.75) is 13.8 Å². The number of nitrogens with zero attached hydrogens (tertiary/aromatic N) is 6. The number of hydrogen-bond acceptors (Lipinski definition) is 10. The Morgan fingerprint density at radius 2 is 2.12 bits per heavy atom. The third kappa shape index (κ3) is 3.02. The Morgan fingerprint density at radius 3 is 2.77 bits per heavy atom. The average Bonchev–Trinajstić information content (AvgIpc) is 3.17. The minimum absolute atomic E-state index is 0.00104. The number of carbonyl (C=O) groups is 1. The fraction of sp³-hybridized carbons (Fsp3) is 0.143. The van der Waals surface area contributed by atoms with Crippen LogP contribution in [0.25, 0.3) is 5.82 Å². The van der Waals surface area contributed by atoms with Crippen molar-refractivity contribution in [3.05, 3.63) is 35.2 Å². The summed E-state index contributed by atoms with van der Waals surface area (Å²) in [5.74, 6) is -0.764. The van der Waals surface area contributed by atoms with Gasteiger partial charge in [-0.1, -0.05) is 5.21 Å². The van der Waals surface area contributed by atoms with E-state index in [9.17, 15) is 15.0 Å². The fourth-order valence-electron chi connectivity index (χ4n) is 2.15. The number of nitrogens with two attached hydrogens (primary N) is 1. The maximum Gasteiger partial charge on any atom is 0.293 e. The number of phenols is 2. The van der Waals surface area contributed by atoms with Crippen molar-refractivity contribution in [1.82, 2.24) is 30.7 Å². The molecule has 5 N–H and O–H groups in total. The van der Waals surface area contributed by atoms with E-state index in [4.69, 9.17) is 5.73 Å². The van der Waals surface area contributed by atoms with Crippen LogP contribution in [0.3, 0.4) is 0 Å². The molecule has 0 bridgehead atoms. The molecule has 0 radical (unpaired) electrons. The molecule has 12 heteroatoms. The van der Waals surface area contributed by atoms with Gasteiger partial charge in [-0.25, -0.2) is 10.1 Å². The lowest BCUT2D eigenvalue weighted by atomic mass is 10.1. The second-order valence-electron chi connectivity index (χ2n) is 5.25. The van der Waals surface area contributed by atoms with Gasteiger partial charge in [0.15, 0.2) is 5.69 Å². The van der Waals surface area contributed by atoms with Gasteiger partial charge in [-0.3, -0.25) is 4.79 Å². The number of anilines is 1. The van der Waals surface area contributed by atoms with Crippen molar-refractivity contribution < 1.29 is 19.6 Å². The van der Waals surface area contributed by atoms with Crippen molar-refractivity contribution in [2.24, 2.45) is 5.10 Å². The highest BCUT2D eigenvalue weighted by Gasteiger charge is 2.20. The first-order chi connectivity index (χ1) is 12.4. The molecule has 0 saturated carbocycles. The first-order valence-corrected chi connectivity index (χ1v) is 7.26. The van der Waals surface area contributed by atoms with E-state index >= 15 is 0 Å². The van der Waals surface area contributed by atoms with E-state index in [-0.39, 0.29) is 28.8 Å². The van der Waals surface area contributed by atoms with Crippen LogP contribution in [0.1, 0.15) is 28.7 Å². The fourth-order valence-corrected chi connectivity index (χ4v) is 2.15. The summed E-state index contributed by atoms with van der Waals surface area (Å²) in [6.07, 6.45) is 0. The number of carbonyl (C=O) groups excluding carboxylic acids is 1. The van der Waals surface area contributed by atoms with E-state index in [1.165, 1.54) is 22.9 Å². The van der Waals surface area contributed by atoms with Gasteiger partial charge in [0.25, 0.3) is 5.91 Å². The van der Waals surface area contributed by atoms with Gasteiger partial charge in [0, 0.05) is 11.6 Å². The second-order valence-corrected chi connectivity index (χ2v) is 5.25. The van der Waals surface area contributed by atoms with E-state index in [0.29, 0.717) is 17.0 Å². The molecule has 0 atom stereocenters. The maximum absolute atomic E-state index is 12.3. The van der Waals surface area contributed by atoms with Gasteiger partial charge in [0.05, 0.1) is 11.4 Å². The first kappa shape index (κ1) is 16.9. The zero-order valence-electron chi connectivity index (χ0n) is 13.7. The minimum atomic E-state index is -0.624. The van der Waals surface area contributed by atoms with Gasteiger partial charge < -0.3 is 15.9 Å². The lowest BCUT2D eigenvalue weighted by molar-refractivity contribution is 0.0949. The Balaban J connectivity index is 1.80. The number of benzene rings is 1. The molecule has 0 fully saturated rings. The summed E-state index contributed by atoms with van der Waals surface area (Å²) in [7, 11) is 0. The van der Waals surface area contributed by atoms with Crippen molar-refractivity contribution in [2.75, 3.05) is 5.73 Å². The normalized spacial score (nSPS) is 11.5. The van der Waals surface area contributed by atoms with Crippen LogP contribution in [0.5, 0.6) is 11.5 Å². The summed E-state index contributed by atoms with van der Waals surface area (Å²) < 4.78 is 5.71. The van der Waals surface area contributed by atoms with Crippen LogP contribution in [0, 0.1) is 6.92 Å². The summed E-state index contributed by atoms with van der Waals surface area (Å²) in [4.78, 5) is 12.3. The third-order valence-corrected chi connectivity index (χ3v) is 3.50. The van der Waals surface area contributed by atoms with Crippen molar-refractivity contribution >= 4 is 17.4 Å². The van der Waals surface area contributed by atoms with E-state index in [1.54, 1.807) is 13.8 Å². The number of nitrogen functional groups attached to an aromatic ring is 1. The quantitative estimate of drug-likeness (QED) is 0.372. The van der Waals surface area contributed by atoms with Crippen molar-refractivity contribution in [3.63, 3.8) is 0 Å². The SMILES string of the molecule is C/C(=N\NC(=O)c1nnn(-c2nonc2N)c1C)c1ccc(O)cc1O. The number of hydrazone groups is 1. The van der Waals surface area contributed by atoms with Crippen molar-refractivity contribution in [3.8, 4) is 17.3 Å². The Bertz CT molecular complexity index is 1010. The number of aromatic hydroxyl groups is 2. The molecule has 3 rings (SSSR count). The van der Waals surface area contributed by atoms with Crippen LogP contribution in [0.4, 0.5) is 5.82 Å². The summed E-state index contributed by atoms with van der Waals surface area (Å²) in [5.41, 5.74) is 8.94. The van der Waals surface area contributed by atoms with Gasteiger partial charge in [-0.05, 0) is 36.3 Å². The Kier molecular flexibility index (Phi) is 4.22. The topological polar surface area (TPSA) is 178 Å². The molecule has 134 valence electrons. The highest BCUT2D eigenvalue weighted by molar-refractivity contribution is 6.02. The molecule has 1 amide bonds. The molecule has 2 aromatic heterocycles. The Morgan fingerprint density at radius 1 is 1.35 bits per heavy atom. The molecule has 12 nitrogen and oxygen atoms in total. The zero-order chi connectivity index (χ0) is 18.8. The molecule has 0 spiro atoms. The molecule has 0 aliphatic carbocycles.